The minimum Gasteiger partial charge on any atom is -0.479 e. The standard InChI is InChI=1S/C22H30O9/c1-5-12-8-9-14(13(11-12)7-6-10-29-21(28)22(2,3)4)30-20-17(25)15(23)16(24)18(31-20)19(26)27/h6-9,11,15-18,20,23-25H,5,10H2,1-4H3,(H,26,27)/b7-6+/t15-,16-,17+,18-,20?/m0/s1. The van der Waals surface area contributed by atoms with Crippen molar-refractivity contribution >= 4 is 18.0 Å². The molecule has 5 atom stereocenters. The summed E-state index contributed by atoms with van der Waals surface area (Å²) in [7, 11) is 0. The summed E-state index contributed by atoms with van der Waals surface area (Å²) in [6.07, 6.45) is -4.46. The monoisotopic (exact) mass is 438 g/mol. The number of benzene rings is 1. The first-order chi connectivity index (χ1) is 14.5. The van der Waals surface area contributed by atoms with Crippen LogP contribution in [0, 0.1) is 5.41 Å². The van der Waals surface area contributed by atoms with Crippen molar-refractivity contribution in [3.8, 4) is 5.75 Å². The number of hydrogen-bond donors (Lipinski definition) is 4. The first-order valence-electron chi connectivity index (χ1n) is 10.0. The third kappa shape index (κ3) is 6.27. The van der Waals surface area contributed by atoms with Crippen LogP contribution in [0.5, 0.6) is 5.75 Å². The quantitative estimate of drug-likeness (QED) is 0.461. The molecule has 0 amide bonds. The van der Waals surface area contributed by atoms with Gasteiger partial charge in [-0.1, -0.05) is 19.1 Å². The van der Waals surface area contributed by atoms with Gasteiger partial charge in [-0.15, -0.1) is 0 Å². The van der Waals surface area contributed by atoms with Gasteiger partial charge in [0.05, 0.1) is 5.41 Å². The lowest BCUT2D eigenvalue weighted by molar-refractivity contribution is -0.271. The van der Waals surface area contributed by atoms with Crippen LogP contribution in [0.3, 0.4) is 0 Å². The van der Waals surface area contributed by atoms with Crippen molar-refractivity contribution < 1.29 is 44.2 Å². The molecule has 0 aliphatic carbocycles. The highest BCUT2D eigenvalue weighted by Gasteiger charge is 2.48. The van der Waals surface area contributed by atoms with Crippen molar-refractivity contribution in [3.05, 3.63) is 35.4 Å². The molecule has 1 saturated heterocycles. The minimum atomic E-state index is -1.80. The van der Waals surface area contributed by atoms with E-state index in [4.69, 9.17) is 14.2 Å². The van der Waals surface area contributed by atoms with Gasteiger partial charge in [0.1, 0.15) is 30.7 Å². The van der Waals surface area contributed by atoms with Gasteiger partial charge in [-0.25, -0.2) is 4.79 Å². The van der Waals surface area contributed by atoms with Crippen LogP contribution < -0.4 is 4.74 Å². The Morgan fingerprint density at radius 3 is 2.39 bits per heavy atom. The number of aliphatic carboxylic acids is 1. The summed E-state index contributed by atoms with van der Waals surface area (Å²) in [4.78, 5) is 23.1. The maximum Gasteiger partial charge on any atom is 0.335 e. The molecular formula is C22H30O9. The molecular weight excluding hydrogens is 408 g/mol. The predicted octanol–water partition coefficient (Wildman–Crippen LogP) is 1.12. The van der Waals surface area contributed by atoms with Crippen LogP contribution in [0.1, 0.15) is 38.8 Å². The fourth-order valence-electron chi connectivity index (χ4n) is 2.85. The molecule has 1 heterocycles. The van der Waals surface area contributed by atoms with Crippen molar-refractivity contribution in [2.75, 3.05) is 6.61 Å². The topological polar surface area (TPSA) is 143 Å². The molecule has 1 aromatic carbocycles. The number of aliphatic hydroxyl groups excluding tert-OH is 3. The van der Waals surface area contributed by atoms with E-state index in [1.165, 1.54) is 0 Å². The smallest absolute Gasteiger partial charge is 0.335 e. The lowest BCUT2D eigenvalue weighted by Gasteiger charge is -2.38. The Hall–Kier alpha value is -2.46. The highest BCUT2D eigenvalue weighted by atomic mass is 16.7. The van der Waals surface area contributed by atoms with E-state index in [0.29, 0.717) is 5.56 Å². The maximum atomic E-state index is 11.9. The van der Waals surface area contributed by atoms with Gasteiger partial charge in [0.25, 0.3) is 0 Å². The van der Waals surface area contributed by atoms with Crippen molar-refractivity contribution in [1.29, 1.82) is 0 Å². The summed E-state index contributed by atoms with van der Waals surface area (Å²) in [5, 5.41) is 39.1. The van der Waals surface area contributed by atoms with Gasteiger partial charge in [0.15, 0.2) is 6.10 Å². The number of ether oxygens (including phenoxy) is 3. The second-order valence-corrected chi connectivity index (χ2v) is 8.33. The second kappa shape index (κ2) is 10.2. The molecule has 4 N–H and O–H groups in total. The Kier molecular flexibility index (Phi) is 8.19. The van der Waals surface area contributed by atoms with Crippen molar-refractivity contribution in [1.82, 2.24) is 0 Å². The zero-order valence-corrected chi connectivity index (χ0v) is 18.0. The van der Waals surface area contributed by atoms with E-state index in [1.54, 1.807) is 45.1 Å². The molecule has 1 aromatic rings. The van der Waals surface area contributed by atoms with Gasteiger partial charge >= 0.3 is 11.9 Å². The molecule has 0 radical (unpaired) electrons. The summed E-state index contributed by atoms with van der Waals surface area (Å²) in [6, 6.07) is 5.25. The van der Waals surface area contributed by atoms with E-state index in [2.05, 4.69) is 0 Å². The average Bonchev–Trinajstić information content (AvgIpc) is 2.71. The third-order valence-electron chi connectivity index (χ3n) is 4.76. The average molecular weight is 438 g/mol. The van der Waals surface area contributed by atoms with E-state index >= 15 is 0 Å². The lowest BCUT2D eigenvalue weighted by atomic mass is 9.97. The van der Waals surface area contributed by atoms with Crippen LogP contribution in [0.4, 0.5) is 0 Å². The van der Waals surface area contributed by atoms with Crippen LogP contribution >= 0.6 is 0 Å². The molecule has 1 unspecified atom stereocenters. The van der Waals surface area contributed by atoms with Gasteiger partial charge < -0.3 is 34.6 Å². The summed E-state index contributed by atoms with van der Waals surface area (Å²) in [6.45, 7) is 7.26. The maximum absolute atomic E-state index is 11.9. The summed E-state index contributed by atoms with van der Waals surface area (Å²) in [5.41, 5.74) is 0.947. The first-order valence-corrected chi connectivity index (χ1v) is 10.0. The molecule has 0 spiro atoms. The summed E-state index contributed by atoms with van der Waals surface area (Å²) in [5.74, 6) is -1.58. The normalized spacial score (nSPS) is 26.6. The van der Waals surface area contributed by atoms with Crippen LogP contribution in [-0.4, -0.2) is 69.7 Å². The van der Waals surface area contributed by atoms with Gasteiger partial charge in [-0.05, 0) is 51.0 Å². The molecule has 0 aromatic heterocycles. The lowest BCUT2D eigenvalue weighted by Crippen LogP contribution is -2.61. The molecule has 172 valence electrons. The van der Waals surface area contributed by atoms with Crippen molar-refractivity contribution in [3.63, 3.8) is 0 Å². The SMILES string of the molecule is CCc1ccc(OC2O[C@H](C(=O)O)[C@@H](O)[C@H](O)[C@H]2O)c(/C=C/COC(=O)C(C)(C)C)c1. The number of carboxylic acids is 1. The molecule has 1 aliphatic rings. The minimum absolute atomic E-state index is 0.0421. The number of carbonyl (C=O) groups is 2. The Bertz CT molecular complexity index is 812. The second-order valence-electron chi connectivity index (χ2n) is 8.33. The van der Waals surface area contributed by atoms with Crippen LogP contribution in [0.2, 0.25) is 0 Å². The number of esters is 1. The van der Waals surface area contributed by atoms with E-state index in [9.17, 15) is 30.0 Å². The number of hydrogen-bond acceptors (Lipinski definition) is 8. The van der Waals surface area contributed by atoms with E-state index in [1.807, 2.05) is 13.0 Å². The van der Waals surface area contributed by atoms with Crippen LogP contribution in [0.25, 0.3) is 6.08 Å². The number of aryl methyl sites for hydroxylation is 1. The summed E-state index contributed by atoms with van der Waals surface area (Å²) < 4.78 is 16.0. The van der Waals surface area contributed by atoms with E-state index in [-0.39, 0.29) is 18.3 Å². The van der Waals surface area contributed by atoms with Gasteiger partial charge in [-0.3, -0.25) is 4.79 Å². The third-order valence-corrected chi connectivity index (χ3v) is 4.76. The number of rotatable bonds is 7. The molecule has 9 nitrogen and oxygen atoms in total. The largest absolute Gasteiger partial charge is 0.479 e. The molecule has 9 heteroatoms. The molecule has 31 heavy (non-hydrogen) atoms. The molecule has 1 fully saturated rings. The van der Waals surface area contributed by atoms with Gasteiger partial charge in [-0.2, -0.15) is 0 Å². The highest BCUT2D eigenvalue weighted by molar-refractivity contribution is 5.75. The van der Waals surface area contributed by atoms with E-state index in [0.717, 1.165) is 12.0 Å². The zero-order chi connectivity index (χ0) is 23.3. The number of carbonyl (C=O) groups excluding carboxylic acids is 1. The van der Waals surface area contributed by atoms with Crippen molar-refractivity contribution in [2.45, 2.75) is 64.8 Å². The summed E-state index contributed by atoms with van der Waals surface area (Å²) >= 11 is 0. The zero-order valence-electron chi connectivity index (χ0n) is 18.0. The number of carboxylic acid groups (broad SMARTS) is 1. The Balaban J connectivity index is 2.19. The Morgan fingerprint density at radius 1 is 1.13 bits per heavy atom. The fraction of sp³-hybridized carbons (Fsp3) is 0.545. The Labute approximate surface area is 180 Å². The van der Waals surface area contributed by atoms with Crippen LogP contribution in [0.15, 0.2) is 24.3 Å². The molecule has 0 saturated carbocycles. The van der Waals surface area contributed by atoms with Crippen LogP contribution in [-0.2, 0) is 25.5 Å². The molecule has 2 rings (SSSR count). The van der Waals surface area contributed by atoms with Gasteiger partial charge in [0.2, 0.25) is 6.29 Å². The van der Waals surface area contributed by atoms with Crippen molar-refractivity contribution in [2.24, 2.45) is 5.41 Å². The predicted molar refractivity (Wildman–Crippen MR) is 110 cm³/mol. The fourth-order valence-corrected chi connectivity index (χ4v) is 2.85. The first kappa shape index (κ1) is 24.8. The Morgan fingerprint density at radius 2 is 1.81 bits per heavy atom. The number of aliphatic hydroxyl groups is 3. The molecule has 0 bridgehead atoms. The highest BCUT2D eigenvalue weighted by Crippen LogP contribution is 2.28. The molecule has 1 aliphatic heterocycles. The van der Waals surface area contributed by atoms with E-state index < -0.39 is 42.1 Å². The van der Waals surface area contributed by atoms with Gasteiger partial charge in [0, 0.05) is 5.56 Å².